The fourth-order valence-electron chi connectivity index (χ4n) is 2.01. The van der Waals surface area contributed by atoms with Gasteiger partial charge in [0, 0.05) is 5.56 Å². The molecule has 0 spiro atoms. The predicted molar refractivity (Wildman–Crippen MR) is 78.2 cm³/mol. The van der Waals surface area contributed by atoms with Crippen molar-refractivity contribution in [2.75, 3.05) is 0 Å². The lowest BCUT2D eigenvalue weighted by molar-refractivity contribution is 0.598. The summed E-state index contributed by atoms with van der Waals surface area (Å²) in [4.78, 5) is 0.0626. The summed E-state index contributed by atoms with van der Waals surface area (Å²) in [5.74, 6) is 0. The van der Waals surface area contributed by atoms with Crippen LogP contribution in [0.2, 0.25) is 0 Å². The van der Waals surface area contributed by atoms with Crippen LogP contribution in [0.25, 0.3) is 16.9 Å². The third kappa shape index (κ3) is 2.69. The molecular formula is C14H12N4O2S. The Morgan fingerprint density at radius 2 is 1.62 bits per heavy atom. The molecule has 3 rings (SSSR count). The van der Waals surface area contributed by atoms with Gasteiger partial charge in [-0.05, 0) is 24.3 Å². The largest absolute Gasteiger partial charge is 0.238 e. The monoisotopic (exact) mass is 300 g/mol. The molecule has 0 bridgehead atoms. The number of aromatic nitrogens is 3. The van der Waals surface area contributed by atoms with Crippen molar-refractivity contribution < 1.29 is 8.42 Å². The van der Waals surface area contributed by atoms with E-state index >= 15 is 0 Å². The standard InChI is InChI=1S/C14H12N4O2S/c15-21(19,20)13-8-6-12(7-9-13)18-14(10-16-17-18)11-4-2-1-3-5-11/h1-10H,(H2,15,19,20). The second-order valence-electron chi connectivity index (χ2n) is 4.44. The van der Waals surface area contributed by atoms with Crippen LogP contribution in [-0.4, -0.2) is 23.4 Å². The van der Waals surface area contributed by atoms with E-state index in [1.165, 1.54) is 12.1 Å². The molecule has 0 saturated heterocycles. The van der Waals surface area contributed by atoms with Crippen LogP contribution in [-0.2, 0) is 10.0 Å². The molecule has 0 atom stereocenters. The van der Waals surface area contributed by atoms with Gasteiger partial charge in [-0.25, -0.2) is 18.2 Å². The zero-order chi connectivity index (χ0) is 14.9. The molecule has 0 aliphatic carbocycles. The lowest BCUT2D eigenvalue weighted by Crippen LogP contribution is -2.12. The van der Waals surface area contributed by atoms with Gasteiger partial charge >= 0.3 is 0 Å². The Balaban J connectivity index is 2.05. The highest BCUT2D eigenvalue weighted by molar-refractivity contribution is 7.89. The molecule has 0 aliphatic heterocycles. The lowest BCUT2D eigenvalue weighted by Gasteiger charge is -2.07. The van der Waals surface area contributed by atoms with Crippen LogP contribution in [0, 0.1) is 0 Å². The number of nitrogens with zero attached hydrogens (tertiary/aromatic N) is 3. The van der Waals surface area contributed by atoms with E-state index in [1.807, 2.05) is 30.3 Å². The topological polar surface area (TPSA) is 90.9 Å². The van der Waals surface area contributed by atoms with Gasteiger partial charge in [0.1, 0.15) is 0 Å². The molecule has 3 aromatic rings. The summed E-state index contributed by atoms with van der Waals surface area (Å²) in [6.45, 7) is 0. The van der Waals surface area contributed by atoms with Gasteiger partial charge in [-0.15, -0.1) is 5.10 Å². The van der Waals surface area contributed by atoms with Crippen molar-refractivity contribution in [3.63, 3.8) is 0 Å². The highest BCUT2D eigenvalue weighted by Crippen LogP contribution is 2.21. The van der Waals surface area contributed by atoms with Gasteiger partial charge in [0.2, 0.25) is 10.0 Å². The molecular weight excluding hydrogens is 288 g/mol. The fourth-order valence-corrected chi connectivity index (χ4v) is 2.52. The Morgan fingerprint density at radius 1 is 0.952 bits per heavy atom. The lowest BCUT2D eigenvalue weighted by atomic mass is 10.1. The van der Waals surface area contributed by atoms with Crippen molar-refractivity contribution in [2.45, 2.75) is 4.90 Å². The highest BCUT2D eigenvalue weighted by atomic mass is 32.2. The Kier molecular flexibility index (Phi) is 3.28. The van der Waals surface area contributed by atoms with Gasteiger partial charge in [-0.1, -0.05) is 35.5 Å². The van der Waals surface area contributed by atoms with Crippen LogP contribution < -0.4 is 5.14 Å². The van der Waals surface area contributed by atoms with Crippen molar-refractivity contribution in [1.82, 2.24) is 15.0 Å². The molecule has 1 aromatic heterocycles. The molecule has 6 nitrogen and oxygen atoms in total. The number of nitrogens with two attached hydrogens (primary N) is 1. The molecule has 0 unspecified atom stereocenters. The maximum atomic E-state index is 11.3. The van der Waals surface area contributed by atoms with Gasteiger partial charge in [-0.2, -0.15) is 0 Å². The third-order valence-corrected chi connectivity index (χ3v) is 3.96. The van der Waals surface area contributed by atoms with Crippen molar-refractivity contribution >= 4 is 10.0 Å². The summed E-state index contributed by atoms with van der Waals surface area (Å²) in [5.41, 5.74) is 2.50. The molecule has 1 heterocycles. The molecule has 2 N–H and O–H groups in total. The van der Waals surface area contributed by atoms with E-state index in [4.69, 9.17) is 5.14 Å². The van der Waals surface area contributed by atoms with E-state index in [0.29, 0.717) is 5.69 Å². The van der Waals surface area contributed by atoms with Gasteiger partial charge in [0.15, 0.2) is 0 Å². The molecule has 0 radical (unpaired) electrons. The second kappa shape index (κ2) is 5.12. The Morgan fingerprint density at radius 3 is 2.24 bits per heavy atom. The molecule has 0 saturated carbocycles. The predicted octanol–water partition coefficient (Wildman–Crippen LogP) is 1.58. The van der Waals surface area contributed by atoms with E-state index in [-0.39, 0.29) is 4.90 Å². The number of primary sulfonamides is 1. The maximum Gasteiger partial charge on any atom is 0.238 e. The second-order valence-corrected chi connectivity index (χ2v) is 6.00. The Labute approximate surface area is 121 Å². The van der Waals surface area contributed by atoms with Gasteiger partial charge in [0.05, 0.1) is 22.5 Å². The van der Waals surface area contributed by atoms with Crippen molar-refractivity contribution in [3.05, 3.63) is 60.8 Å². The first kappa shape index (κ1) is 13.5. The first-order valence-corrected chi connectivity index (χ1v) is 7.70. The number of hydrogen-bond donors (Lipinski definition) is 1. The number of hydrogen-bond acceptors (Lipinski definition) is 4. The van der Waals surface area contributed by atoms with Crippen LogP contribution in [0.1, 0.15) is 0 Å². The molecule has 106 valence electrons. The molecule has 21 heavy (non-hydrogen) atoms. The van der Waals surface area contributed by atoms with Gasteiger partial charge < -0.3 is 0 Å². The SMILES string of the molecule is NS(=O)(=O)c1ccc(-n2nncc2-c2ccccc2)cc1. The summed E-state index contributed by atoms with van der Waals surface area (Å²) in [5, 5.41) is 13.0. The van der Waals surface area contributed by atoms with E-state index in [1.54, 1.807) is 23.0 Å². The van der Waals surface area contributed by atoms with Crippen LogP contribution in [0.15, 0.2) is 65.7 Å². The number of benzene rings is 2. The normalized spacial score (nSPS) is 11.5. The first-order valence-electron chi connectivity index (χ1n) is 6.15. The van der Waals surface area contributed by atoms with Crippen LogP contribution in [0.4, 0.5) is 0 Å². The minimum atomic E-state index is -3.70. The van der Waals surface area contributed by atoms with E-state index in [2.05, 4.69) is 10.3 Å². The van der Waals surface area contributed by atoms with Crippen LogP contribution in [0.3, 0.4) is 0 Å². The highest BCUT2D eigenvalue weighted by Gasteiger charge is 2.11. The van der Waals surface area contributed by atoms with Crippen LogP contribution >= 0.6 is 0 Å². The molecule has 7 heteroatoms. The van der Waals surface area contributed by atoms with Crippen molar-refractivity contribution in [3.8, 4) is 16.9 Å². The average Bonchev–Trinajstić information content (AvgIpc) is 2.97. The summed E-state index contributed by atoms with van der Waals surface area (Å²) >= 11 is 0. The third-order valence-electron chi connectivity index (χ3n) is 3.03. The number of rotatable bonds is 3. The summed E-state index contributed by atoms with van der Waals surface area (Å²) in [6, 6.07) is 15.9. The smallest absolute Gasteiger partial charge is 0.225 e. The Bertz CT molecular complexity index is 856. The zero-order valence-corrected chi connectivity index (χ0v) is 11.7. The van der Waals surface area contributed by atoms with E-state index in [0.717, 1.165) is 11.3 Å². The zero-order valence-electron chi connectivity index (χ0n) is 10.9. The first-order chi connectivity index (χ1) is 10.1. The molecule has 0 fully saturated rings. The molecule has 0 amide bonds. The maximum absolute atomic E-state index is 11.3. The Hall–Kier alpha value is -2.51. The molecule has 0 aliphatic rings. The van der Waals surface area contributed by atoms with E-state index in [9.17, 15) is 8.42 Å². The van der Waals surface area contributed by atoms with Crippen LogP contribution in [0.5, 0.6) is 0 Å². The minimum Gasteiger partial charge on any atom is -0.225 e. The summed E-state index contributed by atoms with van der Waals surface area (Å²) in [6.07, 6.45) is 1.66. The number of sulfonamides is 1. The summed E-state index contributed by atoms with van der Waals surface area (Å²) in [7, 11) is -3.70. The fraction of sp³-hybridized carbons (Fsp3) is 0. The summed E-state index contributed by atoms with van der Waals surface area (Å²) < 4.78 is 24.2. The molecule has 2 aromatic carbocycles. The van der Waals surface area contributed by atoms with E-state index < -0.39 is 10.0 Å². The quantitative estimate of drug-likeness (QED) is 0.795. The van der Waals surface area contributed by atoms with Gasteiger partial charge in [-0.3, -0.25) is 0 Å². The minimum absolute atomic E-state index is 0.0626. The van der Waals surface area contributed by atoms with Gasteiger partial charge in [0.25, 0.3) is 0 Å². The van der Waals surface area contributed by atoms with Crippen molar-refractivity contribution in [1.29, 1.82) is 0 Å². The van der Waals surface area contributed by atoms with Crippen molar-refractivity contribution in [2.24, 2.45) is 5.14 Å². The average molecular weight is 300 g/mol.